The van der Waals surface area contributed by atoms with Crippen LogP contribution in [0, 0.1) is 11.3 Å². The van der Waals surface area contributed by atoms with E-state index in [1.165, 1.54) is 16.9 Å². The summed E-state index contributed by atoms with van der Waals surface area (Å²) in [6.45, 7) is 3.89. The molecule has 1 heterocycles. The molecular weight excluding hydrogens is 329 g/mol. The van der Waals surface area contributed by atoms with Gasteiger partial charge in [-0.2, -0.15) is 23.5 Å². The number of rotatable bonds is 4. The second-order valence-corrected chi connectivity index (χ2v) is 5.46. The first kappa shape index (κ1) is 17.2. The Morgan fingerprint density at radius 1 is 1.43 bits per heavy atom. The Morgan fingerprint density at radius 2 is 2.13 bits per heavy atom. The van der Waals surface area contributed by atoms with Crippen LogP contribution in [0.3, 0.4) is 0 Å². The third kappa shape index (κ3) is 3.59. The molecule has 2 rings (SSSR count). The average molecular weight is 343 g/mol. The number of hydrogen-bond donors (Lipinski definition) is 1. The van der Waals surface area contributed by atoms with Crippen molar-refractivity contribution in [1.29, 1.82) is 5.26 Å². The number of halogens is 4. The zero-order valence-electron chi connectivity index (χ0n) is 12.4. The van der Waals surface area contributed by atoms with Crippen LogP contribution in [0.1, 0.15) is 31.4 Å². The molecule has 0 bridgehead atoms. The number of nitrogens with one attached hydrogen (secondary N) is 1. The van der Waals surface area contributed by atoms with E-state index in [2.05, 4.69) is 10.4 Å². The van der Waals surface area contributed by atoms with Gasteiger partial charge in [-0.3, -0.25) is 0 Å². The Morgan fingerprint density at radius 3 is 2.65 bits per heavy atom. The summed E-state index contributed by atoms with van der Waals surface area (Å²) in [5.74, 6) is 0.406. The number of hydrogen-bond acceptors (Lipinski definition) is 3. The van der Waals surface area contributed by atoms with Gasteiger partial charge in [0.05, 0.1) is 22.5 Å². The van der Waals surface area contributed by atoms with Crippen LogP contribution in [0.15, 0.2) is 24.4 Å². The van der Waals surface area contributed by atoms with E-state index in [0.29, 0.717) is 11.4 Å². The van der Waals surface area contributed by atoms with Crippen LogP contribution < -0.4 is 5.32 Å². The molecule has 8 heteroatoms. The van der Waals surface area contributed by atoms with Gasteiger partial charge in [-0.05, 0) is 31.5 Å². The van der Waals surface area contributed by atoms with Gasteiger partial charge in [0.15, 0.2) is 0 Å². The van der Waals surface area contributed by atoms with Crippen LogP contribution in [0.25, 0.3) is 5.69 Å². The first-order valence-corrected chi connectivity index (χ1v) is 7.27. The number of benzene rings is 1. The summed E-state index contributed by atoms with van der Waals surface area (Å²) in [6, 6.07) is 5.08. The first-order valence-electron chi connectivity index (χ1n) is 6.89. The molecule has 2 aromatic rings. The van der Waals surface area contributed by atoms with Crippen molar-refractivity contribution in [1.82, 2.24) is 9.78 Å². The highest BCUT2D eigenvalue weighted by atomic mass is 35.5. The molecule has 0 fully saturated rings. The van der Waals surface area contributed by atoms with Gasteiger partial charge in [-0.15, -0.1) is 0 Å². The third-order valence-electron chi connectivity index (χ3n) is 3.39. The van der Waals surface area contributed by atoms with Gasteiger partial charge >= 0.3 is 6.18 Å². The topological polar surface area (TPSA) is 53.6 Å². The highest BCUT2D eigenvalue weighted by Gasteiger charge is 2.31. The lowest BCUT2D eigenvalue weighted by atomic mass is 10.2. The maximum absolute atomic E-state index is 12.7. The molecule has 0 radical (unpaired) electrons. The zero-order valence-corrected chi connectivity index (χ0v) is 13.2. The van der Waals surface area contributed by atoms with E-state index in [1.807, 2.05) is 19.9 Å². The lowest BCUT2D eigenvalue weighted by Gasteiger charge is -2.16. The monoisotopic (exact) mass is 342 g/mol. The summed E-state index contributed by atoms with van der Waals surface area (Å²) < 4.78 is 39.5. The fourth-order valence-electron chi connectivity index (χ4n) is 1.94. The van der Waals surface area contributed by atoms with Gasteiger partial charge in [-0.1, -0.05) is 18.5 Å². The van der Waals surface area contributed by atoms with Gasteiger partial charge in [0.25, 0.3) is 0 Å². The lowest BCUT2D eigenvalue weighted by Crippen LogP contribution is -2.17. The smallest absolute Gasteiger partial charge is 0.366 e. The van der Waals surface area contributed by atoms with Gasteiger partial charge in [0.2, 0.25) is 0 Å². The quantitative estimate of drug-likeness (QED) is 0.881. The molecule has 23 heavy (non-hydrogen) atoms. The molecule has 1 aromatic carbocycles. The van der Waals surface area contributed by atoms with Crippen LogP contribution in [0.2, 0.25) is 5.02 Å². The van der Waals surface area contributed by atoms with Gasteiger partial charge in [0.1, 0.15) is 17.5 Å². The fourth-order valence-corrected chi connectivity index (χ4v) is 2.20. The summed E-state index contributed by atoms with van der Waals surface area (Å²) in [6.07, 6.45) is -2.32. The Hall–Kier alpha value is -2.20. The third-order valence-corrected chi connectivity index (χ3v) is 3.69. The Bertz CT molecular complexity index is 746. The van der Waals surface area contributed by atoms with E-state index in [0.717, 1.165) is 18.6 Å². The van der Waals surface area contributed by atoms with Crippen LogP contribution in [0.4, 0.5) is 19.0 Å². The van der Waals surface area contributed by atoms with Crippen molar-refractivity contribution in [3.63, 3.8) is 0 Å². The van der Waals surface area contributed by atoms with Gasteiger partial charge in [0, 0.05) is 6.04 Å². The molecule has 1 unspecified atom stereocenters. The molecule has 122 valence electrons. The zero-order chi connectivity index (χ0) is 17.2. The number of alkyl halides is 3. The van der Waals surface area contributed by atoms with Crippen LogP contribution >= 0.6 is 11.6 Å². The molecule has 0 aliphatic rings. The van der Waals surface area contributed by atoms with Crippen molar-refractivity contribution < 1.29 is 13.2 Å². The summed E-state index contributed by atoms with van der Waals surface area (Å²) >= 11 is 5.99. The van der Waals surface area contributed by atoms with Crippen LogP contribution in [-0.2, 0) is 6.18 Å². The first-order chi connectivity index (χ1) is 10.8. The molecule has 1 atom stereocenters. The van der Waals surface area contributed by atoms with Crippen molar-refractivity contribution in [2.45, 2.75) is 32.5 Å². The van der Waals surface area contributed by atoms with Gasteiger partial charge in [-0.25, -0.2) is 4.68 Å². The highest BCUT2D eigenvalue weighted by Crippen LogP contribution is 2.34. The minimum absolute atomic E-state index is 0.0609. The molecule has 0 saturated carbocycles. The standard InChI is InChI=1S/C15H14ClF3N4/c1-3-9(2)22-14-10(7-20)8-21-23(14)13-5-4-11(6-12(13)16)15(17,18)19/h4-6,8-9,22H,3H2,1-2H3. The minimum Gasteiger partial charge on any atom is -0.366 e. The average Bonchev–Trinajstić information content (AvgIpc) is 2.88. The predicted molar refractivity (Wildman–Crippen MR) is 81.7 cm³/mol. The molecule has 0 aliphatic heterocycles. The predicted octanol–water partition coefficient (Wildman–Crippen LogP) is 4.63. The highest BCUT2D eigenvalue weighted by molar-refractivity contribution is 6.32. The molecule has 4 nitrogen and oxygen atoms in total. The largest absolute Gasteiger partial charge is 0.416 e. The summed E-state index contributed by atoms with van der Waals surface area (Å²) in [5.41, 5.74) is -0.274. The Labute approximate surface area is 136 Å². The van der Waals surface area contributed by atoms with E-state index in [1.54, 1.807) is 0 Å². The number of anilines is 1. The number of aromatic nitrogens is 2. The van der Waals surface area contributed by atoms with Crippen LogP contribution in [-0.4, -0.2) is 15.8 Å². The molecule has 0 aliphatic carbocycles. The van der Waals surface area contributed by atoms with E-state index >= 15 is 0 Å². The van der Waals surface area contributed by atoms with E-state index in [-0.39, 0.29) is 16.8 Å². The van der Waals surface area contributed by atoms with E-state index < -0.39 is 11.7 Å². The summed E-state index contributed by atoms with van der Waals surface area (Å²) in [7, 11) is 0. The maximum atomic E-state index is 12.7. The summed E-state index contributed by atoms with van der Waals surface area (Å²) in [5, 5.41) is 16.3. The van der Waals surface area contributed by atoms with E-state index in [9.17, 15) is 13.2 Å². The second-order valence-electron chi connectivity index (χ2n) is 5.05. The van der Waals surface area contributed by atoms with Crippen molar-refractivity contribution in [3.05, 3.63) is 40.5 Å². The molecule has 1 N–H and O–H groups in total. The fraction of sp³-hybridized carbons (Fsp3) is 0.333. The van der Waals surface area contributed by atoms with Crippen molar-refractivity contribution in [2.24, 2.45) is 0 Å². The molecule has 1 aromatic heterocycles. The van der Waals surface area contributed by atoms with Crippen LogP contribution in [0.5, 0.6) is 0 Å². The molecule has 0 amide bonds. The van der Waals surface area contributed by atoms with E-state index in [4.69, 9.17) is 16.9 Å². The lowest BCUT2D eigenvalue weighted by molar-refractivity contribution is -0.137. The molecular formula is C15H14ClF3N4. The SMILES string of the molecule is CCC(C)Nc1c(C#N)cnn1-c1ccc(C(F)(F)F)cc1Cl. The maximum Gasteiger partial charge on any atom is 0.416 e. The Balaban J connectivity index is 2.51. The van der Waals surface area contributed by atoms with Gasteiger partial charge < -0.3 is 5.32 Å². The van der Waals surface area contributed by atoms with Crippen molar-refractivity contribution in [3.8, 4) is 11.8 Å². The summed E-state index contributed by atoms with van der Waals surface area (Å²) in [4.78, 5) is 0. The minimum atomic E-state index is -4.47. The normalized spacial score (nSPS) is 12.7. The van der Waals surface area contributed by atoms with Crippen molar-refractivity contribution >= 4 is 17.4 Å². The number of nitrogens with zero attached hydrogens (tertiary/aromatic N) is 3. The second kappa shape index (κ2) is 6.50. The van der Waals surface area contributed by atoms with Crippen molar-refractivity contribution in [2.75, 3.05) is 5.32 Å². The molecule has 0 saturated heterocycles. The number of nitriles is 1. The molecule has 0 spiro atoms. The Kier molecular flexibility index (Phi) is 4.85.